The molecule has 0 spiro atoms. The molecular formula is C21H19ClN2O2. The maximum absolute atomic E-state index is 12.7. The van der Waals surface area contributed by atoms with E-state index >= 15 is 0 Å². The zero-order valence-electron chi connectivity index (χ0n) is 14.6. The van der Waals surface area contributed by atoms with Crippen LogP contribution in [0.15, 0.2) is 65.6 Å². The molecular weight excluding hydrogens is 348 g/mol. The third-order valence-electron chi connectivity index (χ3n) is 4.15. The second-order valence-corrected chi connectivity index (χ2v) is 6.69. The van der Waals surface area contributed by atoms with Crippen molar-refractivity contribution in [3.8, 4) is 0 Å². The molecule has 0 unspecified atom stereocenters. The van der Waals surface area contributed by atoms with Crippen LogP contribution in [0.3, 0.4) is 0 Å². The molecule has 5 heteroatoms. The third-order valence-corrected chi connectivity index (χ3v) is 4.38. The number of benzene rings is 2. The van der Waals surface area contributed by atoms with Crippen LogP contribution in [0.2, 0.25) is 5.02 Å². The highest BCUT2D eigenvalue weighted by Gasteiger charge is 2.13. The summed E-state index contributed by atoms with van der Waals surface area (Å²) in [6.45, 7) is 4.22. The monoisotopic (exact) mass is 366 g/mol. The molecule has 0 atom stereocenters. The van der Waals surface area contributed by atoms with Crippen LogP contribution in [-0.4, -0.2) is 10.5 Å². The average molecular weight is 367 g/mol. The number of rotatable bonds is 4. The number of nitrogens with zero attached hydrogens (tertiary/aromatic N) is 1. The van der Waals surface area contributed by atoms with Crippen molar-refractivity contribution >= 4 is 23.2 Å². The van der Waals surface area contributed by atoms with E-state index in [1.807, 2.05) is 44.2 Å². The quantitative estimate of drug-likeness (QED) is 0.743. The Morgan fingerprint density at radius 2 is 1.88 bits per heavy atom. The van der Waals surface area contributed by atoms with Crippen LogP contribution in [-0.2, 0) is 6.54 Å². The van der Waals surface area contributed by atoms with Gasteiger partial charge in [-0.25, -0.2) is 0 Å². The Hall–Kier alpha value is -2.85. The molecule has 0 bridgehead atoms. The molecule has 0 aliphatic carbocycles. The summed E-state index contributed by atoms with van der Waals surface area (Å²) >= 11 is 6.00. The lowest BCUT2D eigenvalue weighted by Gasteiger charge is -2.11. The number of anilines is 1. The van der Waals surface area contributed by atoms with E-state index in [9.17, 15) is 9.59 Å². The maximum atomic E-state index is 12.7. The molecule has 0 saturated carbocycles. The smallest absolute Gasteiger partial charge is 0.263 e. The Kier molecular flexibility index (Phi) is 5.24. The molecule has 1 N–H and O–H groups in total. The van der Waals surface area contributed by atoms with E-state index in [0.717, 1.165) is 16.7 Å². The van der Waals surface area contributed by atoms with Gasteiger partial charge in [0.2, 0.25) is 0 Å². The number of nitrogens with one attached hydrogen (secondary N) is 1. The van der Waals surface area contributed by atoms with Crippen molar-refractivity contribution in [3.63, 3.8) is 0 Å². The van der Waals surface area contributed by atoms with Gasteiger partial charge in [-0.1, -0.05) is 35.9 Å². The lowest BCUT2D eigenvalue weighted by Crippen LogP contribution is -2.29. The second-order valence-electron chi connectivity index (χ2n) is 6.26. The third kappa shape index (κ3) is 4.03. The van der Waals surface area contributed by atoms with Crippen molar-refractivity contribution < 1.29 is 4.79 Å². The Morgan fingerprint density at radius 1 is 1.08 bits per heavy atom. The van der Waals surface area contributed by atoms with Crippen LogP contribution in [0, 0.1) is 13.8 Å². The number of halogens is 1. The van der Waals surface area contributed by atoms with E-state index in [-0.39, 0.29) is 11.1 Å². The van der Waals surface area contributed by atoms with Crippen molar-refractivity contribution in [3.05, 3.63) is 98.4 Å². The fourth-order valence-corrected chi connectivity index (χ4v) is 2.94. The summed E-state index contributed by atoms with van der Waals surface area (Å²) in [4.78, 5) is 25.3. The lowest BCUT2D eigenvalue weighted by atomic mass is 10.1. The number of pyridine rings is 1. The van der Waals surface area contributed by atoms with E-state index < -0.39 is 5.91 Å². The van der Waals surface area contributed by atoms with Crippen LogP contribution >= 0.6 is 11.6 Å². The van der Waals surface area contributed by atoms with E-state index in [1.165, 1.54) is 10.6 Å². The van der Waals surface area contributed by atoms with E-state index in [1.54, 1.807) is 24.4 Å². The van der Waals surface area contributed by atoms with E-state index in [0.29, 0.717) is 17.3 Å². The van der Waals surface area contributed by atoms with Gasteiger partial charge in [0, 0.05) is 16.9 Å². The molecule has 0 radical (unpaired) electrons. The maximum Gasteiger partial charge on any atom is 0.263 e. The number of aromatic nitrogens is 1. The summed E-state index contributed by atoms with van der Waals surface area (Å²) in [5.41, 5.74) is 3.36. The Labute approximate surface area is 157 Å². The van der Waals surface area contributed by atoms with Crippen molar-refractivity contribution in [1.82, 2.24) is 4.57 Å². The molecule has 0 aliphatic heterocycles. The first-order chi connectivity index (χ1) is 12.4. The zero-order chi connectivity index (χ0) is 18.7. The van der Waals surface area contributed by atoms with Crippen LogP contribution in [0.4, 0.5) is 5.69 Å². The molecule has 0 fully saturated rings. The normalized spacial score (nSPS) is 10.6. The van der Waals surface area contributed by atoms with E-state index in [2.05, 4.69) is 5.32 Å². The second kappa shape index (κ2) is 7.58. The Bertz CT molecular complexity index is 1020. The molecule has 132 valence electrons. The summed E-state index contributed by atoms with van der Waals surface area (Å²) in [5.74, 6) is -0.413. The van der Waals surface area contributed by atoms with Crippen molar-refractivity contribution in [2.45, 2.75) is 20.4 Å². The number of carbonyl (C=O) groups excluding carboxylic acids is 1. The van der Waals surface area contributed by atoms with Gasteiger partial charge in [0.25, 0.3) is 11.5 Å². The van der Waals surface area contributed by atoms with Gasteiger partial charge in [-0.15, -0.1) is 0 Å². The summed E-state index contributed by atoms with van der Waals surface area (Å²) in [6.07, 6.45) is 1.66. The van der Waals surface area contributed by atoms with Crippen molar-refractivity contribution in [2.75, 3.05) is 5.32 Å². The van der Waals surface area contributed by atoms with Crippen molar-refractivity contribution in [1.29, 1.82) is 0 Å². The molecule has 0 aliphatic rings. The molecule has 0 saturated heterocycles. The van der Waals surface area contributed by atoms with Gasteiger partial charge < -0.3 is 9.88 Å². The largest absolute Gasteiger partial charge is 0.322 e. The first-order valence-corrected chi connectivity index (χ1v) is 8.64. The van der Waals surface area contributed by atoms with Gasteiger partial charge in [-0.3, -0.25) is 9.59 Å². The number of hydrogen-bond acceptors (Lipinski definition) is 2. The average Bonchev–Trinajstić information content (AvgIpc) is 2.60. The molecule has 26 heavy (non-hydrogen) atoms. The van der Waals surface area contributed by atoms with Crippen LogP contribution in [0.5, 0.6) is 0 Å². The molecule has 1 amide bonds. The first kappa shape index (κ1) is 18.0. The first-order valence-electron chi connectivity index (χ1n) is 8.26. The van der Waals surface area contributed by atoms with Gasteiger partial charge in [0.15, 0.2) is 0 Å². The molecule has 1 aromatic heterocycles. The molecule has 2 aromatic carbocycles. The predicted octanol–water partition coefficient (Wildman–Crippen LogP) is 4.42. The standard InChI is InChI=1S/C21H19ClN2O2/c1-14-8-9-15(2)19(11-14)23-20(25)18-7-4-10-24(21(18)26)13-16-5-3-6-17(22)12-16/h3-12H,13H2,1-2H3,(H,23,25). The molecule has 4 nitrogen and oxygen atoms in total. The highest BCUT2D eigenvalue weighted by molar-refractivity contribution is 6.30. The molecule has 3 rings (SSSR count). The highest BCUT2D eigenvalue weighted by atomic mass is 35.5. The minimum atomic E-state index is -0.413. The summed E-state index contributed by atoms with van der Waals surface area (Å²) in [6, 6.07) is 16.3. The summed E-state index contributed by atoms with van der Waals surface area (Å²) in [5, 5.41) is 3.45. The fraction of sp³-hybridized carbons (Fsp3) is 0.143. The number of hydrogen-bond donors (Lipinski definition) is 1. The summed E-state index contributed by atoms with van der Waals surface area (Å²) < 4.78 is 1.50. The fourth-order valence-electron chi connectivity index (χ4n) is 2.73. The van der Waals surface area contributed by atoms with Gasteiger partial charge in [0.05, 0.1) is 6.54 Å². The number of amides is 1. The molecule has 3 aromatic rings. The number of aryl methyl sites for hydroxylation is 2. The Balaban J connectivity index is 1.88. The highest BCUT2D eigenvalue weighted by Crippen LogP contribution is 2.17. The minimum Gasteiger partial charge on any atom is -0.322 e. The van der Waals surface area contributed by atoms with Gasteiger partial charge in [-0.2, -0.15) is 0 Å². The SMILES string of the molecule is Cc1ccc(C)c(NC(=O)c2cccn(Cc3cccc(Cl)c3)c2=O)c1. The van der Waals surface area contributed by atoms with Crippen LogP contribution < -0.4 is 10.9 Å². The van der Waals surface area contributed by atoms with Crippen LogP contribution in [0.1, 0.15) is 27.0 Å². The summed E-state index contributed by atoms with van der Waals surface area (Å²) in [7, 11) is 0. The lowest BCUT2D eigenvalue weighted by molar-refractivity contribution is 0.102. The van der Waals surface area contributed by atoms with Crippen molar-refractivity contribution in [2.24, 2.45) is 0 Å². The minimum absolute atomic E-state index is 0.107. The Morgan fingerprint density at radius 3 is 2.65 bits per heavy atom. The van der Waals surface area contributed by atoms with E-state index in [4.69, 9.17) is 11.6 Å². The zero-order valence-corrected chi connectivity index (χ0v) is 15.4. The van der Waals surface area contributed by atoms with Crippen LogP contribution in [0.25, 0.3) is 0 Å². The van der Waals surface area contributed by atoms with Gasteiger partial charge in [0.1, 0.15) is 5.56 Å². The van der Waals surface area contributed by atoms with Gasteiger partial charge in [-0.05, 0) is 60.9 Å². The predicted molar refractivity (Wildman–Crippen MR) is 105 cm³/mol. The number of carbonyl (C=O) groups is 1. The topological polar surface area (TPSA) is 51.1 Å². The molecule has 1 heterocycles. The van der Waals surface area contributed by atoms with Gasteiger partial charge >= 0.3 is 0 Å².